The molecule has 0 aromatic heterocycles. The van der Waals surface area contributed by atoms with Gasteiger partial charge in [0.2, 0.25) is 5.91 Å². The number of rotatable bonds is 6. The summed E-state index contributed by atoms with van der Waals surface area (Å²) in [6, 6.07) is 21.3. The van der Waals surface area contributed by atoms with E-state index in [9.17, 15) is 15.0 Å². The lowest BCUT2D eigenvalue weighted by molar-refractivity contribution is -0.115. The first-order valence-corrected chi connectivity index (χ1v) is 8.17. The van der Waals surface area contributed by atoms with Gasteiger partial charge in [-0.3, -0.25) is 4.79 Å². The van der Waals surface area contributed by atoms with E-state index in [2.05, 4.69) is 5.32 Å². The van der Waals surface area contributed by atoms with Crippen LogP contribution in [0.1, 0.15) is 11.1 Å². The third-order valence-electron chi connectivity index (χ3n) is 3.79. The number of hydrogen-bond donors (Lipinski definition) is 3. The molecular formula is C21H19NO4. The molecule has 0 unspecified atom stereocenters. The number of carbonyl (C=O) groups excluding carboxylic acids is 1. The first-order valence-electron chi connectivity index (χ1n) is 8.17. The number of hydrogen-bond acceptors (Lipinski definition) is 4. The van der Waals surface area contributed by atoms with E-state index in [-0.39, 0.29) is 23.8 Å². The largest absolute Gasteiger partial charge is 0.504 e. The summed E-state index contributed by atoms with van der Waals surface area (Å²) >= 11 is 0. The van der Waals surface area contributed by atoms with E-state index >= 15 is 0 Å². The summed E-state index contributed by atoms with van der Waals surface area (Å²) in [6.45, 7) is 0.483. The van der Waals surface area contributed by atoms with Crippen LogP contribution in [0.25, 0.3) is 0 Å². The molecule has 26 heavy (non-hydrogen) atoms. The molecule has 0 aliphatic heterocycles. The molecule has 0 atom stereocenters. The Morgan fingerprint density at radius 3 is 2.27 bits per heavy atom. The molecule has 5 heteroatoms. The summed E-state index contributed by atoms with van der Waals surface area (Å²) in [6.07, 6.45) is 0.0973. The van der Waals surface area contributed by atoms with Crippen molar-refractivity contribution in [2.45, 2.75) is 13.0 Å². The highest BCUT2D eigenvalue weighted by Gasteiger charge is 2.07. The molecule has 3 rings (SSSR count). The molecule has 0 heterocycles. The first-order chi connectivity index (χ1) is 12.6. The number of anilines is 1. The van der Waals surface area contributed by atoms with Gasteiger partial charge >= 0.3 is 0 Å². The quantitative estimate of drug-likeness (QED) is 0.591. The second kappa shape index (κ2) is 8.07. The Morgan fingerprint density at radius 2 is 1.58 bits per heavy atom. The summed E-state index contributed by atoms with van der Waals surface area (Å²) in [5.74, 6) is 0.0545. The van der Waals surface area contributed by atoms with Gasteiger partial charge in [-0.25, -0.2) is 0 Å². The van der Waals surface area contributed by atoms with Crippen LogP contribution in [0, 0.1) is 0 Å². The van der Waals surface area contributed by atoms with E-state index in [1.54, 1.807) is 30.3 Å². The Bertz CT molecular complexity index is 876. The molecule has 0 saturated heterocycles. The van der Waals surface area contributed by atoms with Crippen molar-refractivity contribution in [2.75, 3.05) is 5.32 Å². The zero-order chi connectivity index (χ0) is 18.4. The molecular weight excluding hydrogens is 330 g/mol. The van der Waals surface area contributed by atoms with Gasteiger partial charge in [0, 0.05) is 5.69 Å². The van der Waals surface area contributed by atoms with E-state index in [1.807, 2.05) is 30.3 Å². The van der Waals surface area contributed by atoms with Crippen molar-refractivity contribution in [1.29, 1.82) is 0 Å². The van der Waals surface area contributed by atoms with Crippen LogP contribution in [0.15, 0.2) is 72.8 Å². The fourth-order valence-corrected chi connectivity index (χ4v) is 2.44. The maximum absolute atomic E-state index is 12.1. The minimum absolute atomic E-state index is 0.0973. The highest BCUT2D eigenvalue weighted by Crippen LogP contribution is 2.25. The highest BCUT2D eigenvalue weighted by molar-refractivity contribution is 5.92. The standard InChI is InChI=1S/C21H19NO4/c23-19-11-6-16(12-20(19)24)13-21(25)22-17-7-9-18(10-8-17)26-14-15-4-2-1-3-5-15/h1-12,23-24H,13-14H2,(H,22,25). The van der Waals surface area contributed by atoms with Crippen molar-refractivity contribution in [3.8, 4) is 17.2 Å². The van der Waals surface area contributed by atoms with E-state index in [1.165, 1.54) is 12.1 Å². The summed E-state index contributed by atoms with van der Waals surface area (Å²) < 4.78 is 5.71. The van der Waals surface area contributed by atoms with Gasteiger partial charge in [0.05, 0.1) is 6.42 Å². The Hall–Kier alpha value is -3.47. The van der Waals surface area contributed by atoms with Crippen molar-refractivity contribution in [3.63, 3.8) is 0 Å². The maximum atomic E-state index is 12.1. The molecule has 0 aliphatic carbocycles. The van der Waals surface area contributed by atoms with Crippen molar-refractivity contribution < 1.29 is 19.7 Å². The van der Waals surface area contributed by atoms with Gasteiger partial charge in [-0.2, -0.15) is 0 Å². The zero-order valence-electron chi connectivity index (χ0n) is 14.1. The number of carbonyl (C=O) groups is 1. The number of ether oxygens (including phenoxy) is 1. The van der Waals surface area contributed by atoms with Crippen LogP contribution in [-0.2, 0) is 17.8 Å². The fraction of sp³-hybridized carbons (Fsp3) is 0.0952. The average molecular weight is 349 g/mol. The second-order valence-electron chi connectivity index (χ2n) is 5.85. The third-order valence-corrected chi connectivity index (χ3v) is 3.79. The van der Waals surface area contributed by atoms with Crippen LogP contribution >= 0.6 is 0 Å². The van der Waals surface area contributed by atoms with E-state index in [0.717, 1.165) is 11.3 Å². The van der Waals surface area contributed by atoms with Crippen molar-refractivity contribution in [2.24, 2.45) is 0 Å². The Kier molecular flexibility index (Phi) is 5.39. The molecule has 1 amide bonds. The topological polar surface area (TPSA) is 78.8 Å². The van der Waals surface area contributed by atoms with Crippen LogP contribution in [0.4, 0.5) is 5.69 Å². The molecule has 0 aliphatic rings. The first kappa shape index (κ1) is 17.4. The lowest BCUT2D eigenvalue weighted by atomic mass is 10.1. The average Bonchev–Trinajstić information content (AvgIpc) is 2.65. The summed E-state index contributed by atoms with van der Waals surface area (Å²) in [7, 11) is 0. The summed E-state index contributed by atoms with van der Waals surface area (Å²) in [5.41, 5.74) is 2.35. The Balaban J connectivity index is 1.53. The van der Waals surface area contributed by atoms with Crippen molar-refractivity contribution >= 4 is 11.6 Å². The molecule has 0 saturated carbocycles. The number of aromatic hydroxyl groups is 2. The van der Waals surface area contributed by atoms with Gasteiger partial charge in [0.1, 0.15) is 12.4 Å². The number of phenolic OH excluding ortho intramolecular Hbond substituents is 2. The van der Waals surface area contributed by atoms with Gasteiger partial charge in [-0.15, -0.1) is 0 Å². The fourth-order valence-electron chi connectivity index (χ4n) is 2.44. The van der Waals surface area contributed by atoms with Gasteiger partial charge < -0.3 is 20.3 Å². The van der Waals surface area contributed by atoms with E-state index in [0.29, 0.717) is 17.9 Å². The highest BCUT2D eigenvalue weighted by atomic mass is 16.5. The molecule has 3 aromatic rings. The predicted octanol–water partition coefficient (Wildman–Crippen LogP) is 3.86. The van der Waals surface area contributed by atoms with Crippen LogP contribution in [0.5, 0.6) is 17.2 Å². The minimum atomic E-state index is -0.241. The molecule has 3 aromatic carbocycles. The summed E-state index contributed by atoms with van der Waals surface area (Å²) in [5, 5.41) is 21.6. The third kappa shape index (κ3) is 4.77. The minimum Gasteiger partial charge on any atom is -0.504 e. The predicted molar refractivity (Wildman–Crippen MR) is 99.3 cm³/mol. The summed E-state index contributed by atoms with van der Waals surface area (Å²) in [4.78, 5) is 12.1. The van der Waals surface area contributed by atoms with Crippen LogP contribution < -0.4 is 10.1 Å². The normalized spacial score (nSPS) is 10.3. The zero-order valence-corrected chi connectivity index (χ0v) is 14.1. The molecule has 5 nitrogen and oxygen atoms in total. The van der Waals surface area contributed by atoms with Gasteiger partial charge in [0.25, 0.3) is 0 Å². The van der Waals surface area contributed by atoms with E-state index in [4.69, 9.17) is 4.74 Å². The molecule has 3 N–H and O–H groups in total. The maximum Gasteiger partial charge on any atom is 0.228 e. The molecule has 0 bridgehead atoms. The molecule has 0 spiro atoms. The van der Waals surface area contributed by atoms with Crippen LogP contribution in [0.2, 0.25) is 0 Å². The van der Waals surface area contributed by atoms with Gasteiger partial charge in [-0.1, -0.05) is 36.4 Å². The smallest absolute Gasteiger partial charge is 0.228 e. The number of benzene rings is 3. The van der Waals surface area contributed by atoms with Crippen molar-refractivity contribution in [3.05, 3.63) is 83.9 Å². The Labute approximate surface area is 151 Å². The van der Waals surface area contributed by atoms with E-state index < -0.39 is 0 Å². The van der Waals surface area contributed by atoms with Crippen LogP contribution in [0.3, 0.4) is 0 Å². The van der Waals surface area contributed by atoms with Gasteiger partial charge in [0.15, 0.2) is 11.5 Å². The monoisotopic (exact) mass is 349 g/mol. The molecule has 0 fully saturated rings. The second-order valence-corrected chi connectivity index (χ2v) is 5.85. The lowest BCUT2D eigenvalue weighted by Gasteiger charge is -2.09. The molecule has 0 radical (unpaired) electrons. The number of nitrogens with one attached hydrogen (secondary N) is 1. The number of amides is 1. The van der Waals surface area contributed by atoms with Crippen LogP contribution in [-0.4, -0.2) is 16.1 Å². The lowest BCUT2D eigenvalue weighted by Crippen LogP contribution is -2.14. The number of phenols is 2. The Morgan fingerprint density at radius 1 is 0.846 bits per heavy atom. The molecule has 132 valence electrons. The van der Waals surface area contributed by atoms with Crippen molar-refractivity contribution in [1.82, 2.24) is 0 Å². The SMILES string of the molecule is O=C(Cc1ccc(O)c(O)c1)Nc1ccc(OCc2ccccc2)cc1. The van der Waals surface area contributed by atoms with Gasteiger partial charge in [-0.05, 0) is 47.5 Å².